The largest absolute Gasteiger partial charge is 0.390 e. The number of aryl methyl sites for hydroxylation is 1. The first-order valence-corrected chi connectivity index (χ1v) is 7.81. The predicted molar refractivity (Wildman–Crippen MR) is 89.3 cm³/mol. The van der Waals surface area contributed by atoms with Gasteiger partial charge >= 0.3 is 17.6 Å². The van der Waals surface area contributed by atoms with Gasteiger partial charge in [-0.25, -0.2) is 0 Å². The fourth-order valence-corrected chi connectivity index (χ4v) is 2.37. The zero-order valence-corrected chi connectivity index (χ0v) is 14.1. The number of carbonyl (C=O) groups is 1. The van der Waals surface area contributed by atoms with Gasteiger partial charge in [0.25, 0.3) is 0 Å². The molecule has 1 atom stereocenters. The number of amides is 1. The van der Waals surface area contributed by atoms with E-state index in [0.717, 1.165) is 5.56 Å². The van der Waals surface area contributed by atoms with Crippen molar-refractivity contribution < 1.29 is 14.2 Å². The van der Waals surface area contributed by atoms with Crippen LogP contribution >= 0.6 is 0 Å². The lowest BCUT2D eigenvalue weighted by molar-refractivity contribution is -0.389. The lowest BCUT2D eigenvalue weighted by Gasteiger charge is -2.12. The minimum absolute atomic E-state index is 0.0602. The minimum atomic E-state index is -0.580. The number of hydrogen-bond acceptors (Lipinski definition) is 7. The molecule has 10 heteroatoms. The summed E-state index contributed by atoms with van der Waals surface area (Å²) in [6.07, 6.45) is 0. The van der Waals surface area contributed by atoms with Crippen molar-refractivity contribution in [1.82, 2.24) is 25.2 Å². The molecule has 3 aromatic rings. The highest BCUT2D eigenvalue weighted by molar-refractivity contribution is 5.89. The monoisotopic (exact) mass is 356 g/mol. The van der Waals surface area contributed by atoms with E-state index in [4.69, 9.17) is 4.52 Å². The summed E-state index contributed by atoms with van der Waals surface area (Å²) in [6, 6.07) is 10.6. The normalized spacial score (nSPS) is 11.9. The van der Waals surface area contributed by atoms with Gasteiger partial charge in [-0.1, -0.05) is 35.5 Å². The molecule has 10 nitrogen and oxygen atoms in total. The van der Waals surface area contributed by atoms with Crippen LogP contribution < -0.4 is 5.32 Å². The van der Waals surface area contributed by atoms with Gasteiger partial charge in [-0.2, -0.15) is 9.67 Å². The molecule has 1 N–H and O–H groups in total. The Morgan fingerprint density at radius 3 is 2.77 bits per heavy atom. The Morgan fingerprint density at radius 2 is 2.12 bits per heavy atom. The number of aromatic nitrogens is 4. The maximum Gasteiger partial charge on any atom is 0.390 e. The van der Waals surface area contributed by atoms with Gasteiger partial charge in [0.05, 0.1) is 22.9 Å². The number of benzene rings is 1. The van der Waals surface area contributed by atoms with Crippen LogP contribution in [0.5, 0.6) is 0 Å². The standard InChI is InChI=1S/C16H16N6O4/c1-10-8-14(22(24)25)19-21(10)9-13-18-16(26-20-13)15(23)17-11(2)12-6-4-3-5-7-12/h3-8,11H,9H2,1-2H3,(H,17,23). The number of nitrogens with zero attached hydrogens (tertiary/aromatic N) is 5. The number of nitrogens with one attached hydrogen (secondary N) is 1. The molecular weight excluding hydrogens is 340 g/mol. The minimum Gasteiger partial charge on any atom is -0.358 e. The second-order valence-corrected chi connectivity index (χ2v) is 5.68. The van der Waals surface area contributed by atoms with Crippen molar-refractivity contribution >= 4 is 11.7 Å². The lowest BCUT2D eigenvalue weighted by Crippen LogP contribution is -2.26. The van der Waals surface area contributed by atoms with Crippen LogP contribution in [-0.4, -0.2) is 30.8 Å². The molecule has 0 radical (unpaired) electrons. The van der Waals surface area contributed by atoms with Crippen LogP contribution in [0.2, 0.25) is 0 Å². The van der Waals surface area contributed by atoms with Crippen LogP contribution in [-0.2, 0) is 6.54 Å². The Hall–Kier alpha value is -3.56. The summed E-state index contributed by atoms with van der Waals surface area (Å²) in [5.74, 6) is -0.741. The molecular formula is C16H16N6O4. The van der Waals surface area contributed by atoms with Crippen molar-refractivity contribution in [3.63, 3.8) is 0 Å². The molecule has 3 rings (SSSR count). The Kier molecular flexibility index (Phi) is 4.74. The molecule has 2 aromatic heterocycles. The van der Waals surface area contributed by atoms with Crippen LogP contribution in [0.25, 0.3) is 0 Å². The molecule has 134 valence electrons. The molecule has 2 heterocycles. The van der Waals surface area contributed by atoms with Crippen molar-refractivity contribution in [3.8, 4) is 0 Å². The molecule has 1 amide bonds. The summed E-state index contributed by atoms with van der Waals surface area (Å²) in [5.41, 5.74) is 1.52. The molecule has 0 saturated heterocycles. The third-order valence-corrected chi connectivity index (χ3v) is 3.76. The quantitative estimate of drug-likeness (QED) is 0.528. The first kappa shape index (κ1) is 17.3. The maximum absolute atomic E-state index is 12.2. The fourth-order valence-electron chi connectivity index (χ4n) is 2.37. The summed E-state index contributed by atoms with van der Waals surface area (Å²) in [5, 5.41) is 21.1. The van der Waals surface area contributed by atoms with E-state index in [1.165, 1.54) is 10.7 Å². The van der Waals surface area contributed by atoms with E-state index in [1.807, 2.05) is 37.3 Å². The summed E-state index contributed by atoms with van der Waals surface area (Å²) >= 11 is 0. The van der Waals surface area contributed by atoms with Gasteiger partial charge in [-0.3, -0.25) is 4.79 Å². The molecule has 26 heavy (non-hydrogen) atoms. The van der Waals surface area contributed by atoms with E-state index in [1.54, 1.807) is 6.92 Å². The van der Waals surface area contributed by atoms with Crippen LogP contribution in [0.3, 0.4) is 0 Å². The van der Waals surface area contributed by atoms with Crippen molar-refractivity contribution in [2.75, 3.05) is 0 Å². The van der Waals surface area contributed by atoms with Crippen LogP contribution in [0, 0.1) is 17.0 Å². The number of carbonyl (C=O) groups excluding carboxylic acids is 1. The van der Waals surface area contributed by atoms with E-state index in [9.17, 15) is 14.9 Å². The summed E-state index contributed by atoms with van der Waals surface area (Å²) < 4.78 is 6.35. The number of rotatable bonds is 6. The molecule has 0 bridgehead atoms. The summed E-state index contributed by atoms with van der Waals surface area (Å²) in [7, 11) is 0. The third kappa shape index (κ3) is 3.74. The Morgan fingerprint density at radius 1 is 1.38 bits per heavy atom. The van der Waals surface area contributed by atoms with Crippen molar-refractivity contribution in [2.24, 2.45) is 0 Å². The van der Waals surface area contributed by atoms with Gasteiger partial charge in [-0.15, -0.1) is 0 Å². The van der Waals surface area contributed by atoms with E-state index in [0.29, 0.717) is 5.69 Å². The lowest BCUT2D eigenvalue weighted by atomic mass is 10.1. The Balaban J connectivity index is 1.67. The zero-order chi connectivity index (χ0) is 18.7. The molecule has 1 unspecified atom stereocenters. The molecule has 0 aliphatic rings. The topological polar surface area (TPSA) is 129 Å². The Labute approximate surface area is 148 Å². The van der Waals surface area contributed by atoms with Crippen LogP contribution in [0.15, 0.2) is 40.9 Å². The molecule has 1 aromatic carbocycles. The highest BCUT2D eigenvalue weighted by atomic mass is 16.6. The van der Waals surface area contributed by atoms with E-state index >= 15 is 0 Å². The van der Waals surface area contributed by atoms with Crippen molar-refractivity contribution in [3.05, 3.63) is 69.5 Å². The molecule has 0 fully saturated rings. The molecule has 0 spiro atoms. The van der Waals surface area contributed by atoms with Crippen LogP contribution in [0.4, 0.5) is 5.82 Å². The smallest absolute Gasteiger partial charge is 0.358 e. The van der Waals surface area contributed by atoms with Gasteiger partial charge in [-0.05, 0) is 24.3 Å². The average Bonchev–Trinajstić information content (AvgIpc) is 3.23. The van der Waals surface area contributed by atoms with E-state index in [-0.39, 0.29) is 30.1 Å². The van der Waals surface area contributed by atoms with Gasteiger partial charge in [0.15, 0.2) is 5.82 Å². The Bertz CT molecular complexity index is 933. The molecule has 0 aliphatic carbocycles. The third-order valence-electron chi connectivity index (χ3n) is 3.76. The highest BCUT2D eigenvalue weighted by Crippen LogP contribution is 2.14. The van der Waals surface area contributed by atoms with Gasteiger partial charge < -0.3 is 20.0 Å². The van der Waals surface area contributed by atoms with Gasteiger partial charge in [0.1, 0.15) is 6.54 Å². The molecule has 0 saturated carbocycles. The van der Waals surface area contributed by atoms with Gasteiger partial charge in [0.2, 0.25) is 0 Å². The predicted octanol–water partition coefficient (Wildman–Crippen LogP) is 2.02. The number of nitro groups is 1. The summed E-state index contributed by atoms with van der Waals surface area (Å²) in [4.78, 5) is 26.4. The van der Waals surface area contributed by atoms with E-state index in [2.05, 4.69) is 20.6 Å². The summed E-state index contributed by atoms with van der Waals surface area (Å²) in [6.45, 7) is 3.58. The second kappa shape index (κ2) is 7.13. The number of hydrogen-bond donors (Lipinski definition) is 1. The average molecular weight is 356 g/mol. The van der Waals surface area contributed by atoms with Gasteiger partial charge in [0, 0.05) is 0 Å². The highest BCUT2D eigenvalue weighted by Gasteiger charge is 2.21. The van der Waals surface area contributed by atoms with Crippen molar-refractivity contribution in [1.29, 1.82) is 0 Å². The fraction of sp³-hybridized carbons (Fsp3) is 0.250. The maximum atomic E-state index is 12.2. The molecule has 0 aliphatic heterocycles. The van der Waals surface area contributed by atoms with Crippen molar-refractivity contribution in [2.45, 2.75) is 26.4 Å². The van der Waals surface area contributed by atoms with Crippen LogP contribution in [0.1, 0.15) is 40.7 Å². The van der Waals surface area contributed by atoms with E-state index < -0.39 is 10.8 Å². The SMILES string of the molecule is Cc1cc([N+](=O)[O-])nn1Cc1noc(C(=O)NC(C)c2ccccc2)n1. The second-order valence-electron chi connectivity index (χ2n) is 5.68. The zero-order valence-electron chi connectivity index (χ0n) is 14.1. The first-order chi connectivity index (χ1) is 12.4. The first-order valence-electron chi connectivity index (χ1n) is 7.81.